The molecule has 0 aliphatic heterocycles. The molecule has 6 nitrogen and oxygen atoms in total. The molecule has 1 unspecified atom stereocenters. The zero-order valence-corrected chi connectivity index (χ0v) is 9.44. The lowest BCUT2D eigenvalue weighted by atomic mass is 9.93. The van der Waals surface area contributed by atoms with Crippen LogP contribution in [0.25, 0.3) is 0 Å². The van der Waals surface area contributed by atoms with Crippen molar-refractivity contribution in [2.45, 2.75) is 30.8 Å². The molecule has 0 aromatic heterocycles. The lowest BCUT2D eigenvalue weighted by Crippen LogP contribution is -2.64. The lowest BCUT2D eigenvalue weighted by molar-refractivity contribution is -0.130. The maximum Gasteiger partial charge on any atom is 0.240 e. The van der Waals surface area contributed by atoms with E-state index in [-0.39, 0.29) is 5.92 Å². The predicted molar refractivity (Wildman–Crippen MR) is 57.4 cm³/mol. The highest BCUT2D eigenvalue weighted by atomic mass is 16.3. The normalized spacial score (nSPS) is 20.3. The Hall–Kier alpha value is -0.690. The van der Waals surface area contributed by atoms with Crippen LogP contribution in [0.15, 0.2) is 0 Å². The summed E-state index contributed by atoms with van der Waals surface area (Å²) in [6.45, 7) is 0.0162. The molecule has 6 heteroatoms. The predicted octanol–water partition coefficient (Wildman–Crippen LogP) is -2.05. The van der Waals surface area contributed by atoms with E-state index in [0.29, 0.717) is 0 Å². The number of aliphatic hydroxyl groups excluding tert-OH is 3. The van der Waals surface area contributed by atoms with Crippen molar-refractivity contribution in [1.82, 2.24) is 5.32 Å². The number of carbonyl (C=O) groups excluding carboxylic acids is 1. The highest BCUT2D eigenvalue weighted by Crippen LogP contribution is 2.38. The van der Waals surface area contributed by atoms with Gasteiger partial charge in [-0.25, -0.2) is 0 Å². The molecular weight excluding hydrogens is 212 g/mol. The third-order valence-corrected chi connectivity index (χ3v) is 3.20. The van der Waals surface area contributed by atoms with Gasteiger partial charge in [-0.3, -0.25) is 4.79 Å². The SMILES string of the molecule is CC(N)(C(=O)NC(CO)(CO)CO)C1CC1. The van der Waals surface area contributed by atoms with Crippen molar-refractivity contribution in [1.29, 1.82) is 0 Å². The molecule has 1 saturated carbocycles. The molecule has 16 heavy (non-hydrogen) atoms. The second kappa shape index (κ2) is 4.67. The van der Waals surface area contributed by atoms with E-state index in [1.807, 2.05) is 0 Å². The van der Waals surface area contributed by atoms with E-state index in [1.54, 1.807) is 6.92 Å². The third-order valence-electron chi connectivity index (χ3n) is 3.20. The van der Waals surface area contributed by atoms with Crippen molar-refractivity contribution in [3.05, 3.63) is 0 Å². The van der Waals surface area contributed by atoms with Crippen LogP contribution >= 0.6 is 0 Å². The van der Waals surface area contributed by atoms with Crippen LogP contribution in [0.3, 0.4) is 0 Å². The first-order valence-electron chi connectivity index (χ1n) is 5.36. The summed E-state index contributed by atoms with van der Waals surface area (Å²) in [5.41, 5.74) is 3.47. The van der Waals surface area contributed by atoms with Crippen LogP contribution in [0.2, 0.25) is 0 Å². The minimum Gasteiger partial charge on any atom is -0.394 e. The standard InChI is InChI=1S/C10H20N2O4/c1-9(11,7-2-3-7)8(16)12-10(4-13,5-14)6-15/h7,13-15H,2-6,11H2,1H3,(H,12,16). The molecule has 0 aromatic carbocycles. The van der Waals surface area contributed by atoms with Gasteiger partial charge in [-0.05, 0) is 25.7 Å². The maximum atomic E-state index is 11.9. The second-order valence-corrected chi connectivity index (χ2v) is 4.77. The van der Waals surface area contributed by atoms with Crippen LogP contribution in [0.5, 0.6) is 0 Å². The van der Waals surface area contributed by atoms with Gasteiger partial charge in [0.2, 0.25) is 5.91 Å². The topological polar surface area (TPSA) is 116 Å². The summed E-state index contributed by atoms with van der Waals surface area (Å²) in [5, 5.41) is 29.6. The summed E-state index contributed by atoms with van der Waals surface area (Å²) >= 11 is 0. The van der Waals surface area contributed by atoms with E-state index < -0.39 is 36.8 Å². The Morgan fingerprint density at radius 1 is 1.31 bits per heavy atom. The number of rotatable bonds is 6. The molecule has 94 valence electrons. The third kappa shape index (κ3) is 2.52. The number of carbonyl (C=O) groups is 1. The van der Waals surface area contributed by atoms with E-state index in [4.69, 9.17) is 21.1 Å². The van der Waals surface area contributed by atoms with Crippen LogP contribution in [0.4, 0.5) is 0 Å². The fourth-order valence-corrected chi connectivity index (χ4v) is 1.51. The van der Waals surface area contributed by atoms with Gasteiger partial charge in [-0.15, -0.1) is 0 Å². The van der Waals surface area contributed by atoms with Crippen LogP contribution in [0, 0.1) is 5.92 Å². The van der Waals surface area contributed by atoms with E-state index in [9.17, 15) is 4.79 Å². The quantitative estimate of drug-likeness (QED) is 0.361. The van der Waals surface area contributed by atoms with Crippen molar-refractivity contribution in [2.75, 3.05) is 19.8 Å². The van der Waals surface area contributed by atoms with Gasteiger partial charge in [0.25, 0.3) is 0 Å². The molecule has 1 amide bonds. The monoisotopic (exact) mass is 232 g/mol. The van der Waals surface area contributed by atoms with Gasteiger partial charge < -0.3 is 26.4 Å². The first kappa shape index (κ1) is 13.4. The van der Waals surface area contributed by atoms with Gasteiger partial charge in [0.05, 0.1) is 25.4 Å². The molecule has 1 aliphatic carbocycles. The van der Waals surface area contributed by atoms with Crippen molar-refractivity contribution in [3.63, 3.8) is 0 Å². The molecular formula is C10H20N2O4. The largest absolute Gasteiger partial charge is 0.394 e. The van der Waals surface area contributed by atoms with E-state index in [2.05, 4.69) is 5.32 Å². The van der Waals surface area contributed by atoms with Gasteiger partial charge in [-0.2, -0.15) is 0 Å². The number of amides is 1. The van der Waals surface area contributed by atoms with Gasteiger partial charge in [0.15, 0.2) is 0 Å². The Labute approximate surface area is 94.5 Å². The molecule has 0 bridgehead atoms. The van der Waals surface area contributed by atoms with E-state index >= 15 is 0 Å². The van der Waals surface area contributed by atoms with Crippen LogP contribution < -0.4 is 11.1 Å². The van der Waals surface area contributed by atoms with Gasteiger partial charge >= 0.3 is 0 Å². The van der Waals surface area contributed by atoms with E-state index in [1.165, 1.54) is 0 Å². The summed E-state index contributed by atoms with van der Waals surface area (Å²) in [6, 6.07) is 0. The Bertz CT molecular complexity index is 251. The minimum atomic E-state index is -1.40. The maximum absolute atomic E-state index is 11.9. The van der Waals surface area contributed by atoms with Gasteiger partial charge in [-0.1, -0.05) is 0 Å². The molecule has 1 atom stereocenters. The molecule has 0 saturated heterocycles. The Morgan fingerprint density at radius 2 is 1.75 bits per heavy atom. The molecule has 0 heterocycles. The van der Waals surface area contributed by atoms with Crippen LogP contribution in [0.1, 0.15) is 19.8 Å². The number of hydrogen-bond acceptors (Lipinski definition) is 5. The smallest absolute Gasteiger partial charge is 0.240 e. The highest BCUT2D eigenvalue weighted by molar-refractivity contribution is 5.87. The lowest BCUT2D eigenvalue weighted by Gasteiger charge is -2.33. The number of nitrogens with two attached hydrogens (primary N) is 1. The summed E-state index contributed by atoms with van der Waals surface area (Å²) in [6.07, 6.45) is 1.82. The number of aliphatic hydroxyl groups is 3. The molecule has 6 N–H and O–H groups in total. The first-order valence-corrected chi connectivity index (χ1v) is 5.36. The molecule has 1 rings (SSSR count). The van der Waals surface area contributed by atoms with Crippen molar-refractivity contribution in [2.24, 2.45) is 11.7 Å². The van der Waals surface area contributed by atoms with Crippen molar-refractivity contribution in [3.8, 4) is 0 Å². The molecule has 0 aromatic rings. The molecule has 1 aliphatic rings. The zero-order valence-electron chi connectivity index (χ0n) is 9.44. The fraction of sp³-hybridized carbons (Fsp3) is 0.900. The van der Waals surface area contributed by atoms with Crippen LogP contribution in [-0.2, 0) is 4.79 Å². The minimum absolute atomic E-state index is 0.140. The highest BCUT2D eigenvalue weighted by Gasteiger charge is 2.46. The Balaban J connectivity index is 2.67. The number of nitrogens with one attached hydrogen (secondary N) is 1. The first-order chi connectivity index (χ1) is 7.41. The van der Waals surface area contributed by atoms with Crippen molar-refractivity contribution < 1.29 is 20.1 Å². The summed E-state index contributed by atoms with van der Waals surface area (Å²) in [4.78, 5) is 11.9. The Morgan fingerprint density at radius 3 is 2.06 bits per heavy atom. The summed E-state index contributed by atoms with van der Waals surface area (Å²) < 4.78 is 0. The fourth-order valence-electron chi connectivity index (χ4n) is 1.51. The zero-order chi connectivity index (χ0) is 12.4. The summed E-state index contributed by atoms with van der Waals surface area (Å²) in [7, 11) is 0. The average Bonchev–Trinajstić information content (AvgIpc) is 3.09. The van der Waals surface area contributed by atoms with Crippen LogP contribution in [-0.4, -0.2) is 52.1 Å². The molecule has 0 spiro atoms. The molecule has 1 fully saturated rings. The average molecular weight is 232 g/mol. The van der Waals surface area contributed by atoms with Crippen molar-refractivity contribution >= 4 is 5.91 Å². The van der Waals surface area contributed by atoms with E-state index in [0.717, 1.165) is 12.8 Å². The van der Waals surface area contributed by atoms with Gasteiger partial charge in [0.1, 0.15) is 5.54 Å². The summed E-state index contributed by atoms with van der Waals surface area (Å²) in [5.74, 6) is -0.312. The van der Waals surface area contributed by atoms with Gasteiger partial charge in [0, 0.05) is 0 Å². The Kier molecular flexibility index (Phi) is 3.90. The second-order valence-electron chi connectivity index (χ2n) is 4.77. The molecule has 0 radical (unpaired) electrons. The number of hydrogen-bond donors (Lipinski definition) is 5.